The first-order valence-electron chi connectivity index (χ1n) is 10.3. The fraction of sp³-hybridized carbons (Fsp3) is 0.458. The lowest BCUT2D eigenvalue weighted by atomic mass is 9.89. The van der Waals surface area contributed by atoms with Crippen LogP contribution in [-0.4, -0.2) is 49.3 Å². The second kappa shape index (κ2) is 10.5. The van der Waals surface area contributed by atoms with Gasteiger partial charge >= 0.3 is 0 Å². The Morgan fingerprint density at radius 1 is 0.857 bits per heavy atom. The third-order valence-corrected chi connectivity index (χ3v) is 6.06. The van der Waals surface area contributed by atoms with E-state index in [1.54, 1.807) is 12.1 Å². The van der Waals surface area contributed by atoms with Crippen molar-refractivity contribution in [2.75, 3.05) is 32.7 Å². The zero-order chi connectivity index (χ0) is 19.8. The zero-order valence-corrected chi connectivity index (χ0v) is 16.6. The molecule has 0 bridgehead atoms. The summed E-state index contributed by atoms with van der Waals surface area (Å²) in [5.74, 6) is 1.28. The summed E-state index contributed by atoms with van der Waals surface area (Å²) in [5, 5.41) is 0. The van der Waals surface area contributed by atoms with Crippen molar-refractivity contribution in [3.8, 4) is 0 Å². The van der Waals surface area contributed by atoms with Gasteiger partial charge in [-0.25, -0.2) is 4.39 Å². The van der Waals surface area contributed by atoms with Crippen molar-refractivity contribution in [3.05, 3.63) is 71.5 Å². The summed E-state index contributed by atoms with van der Waals surface area (Å²) in [6, 6.07) is 17.9. The van der Waals surface area contributed by atoms with Crippen molar-refractivity contribution in [2.45, 2.75) is 31.7 Å². The molecule has 2 heterocycles. The summed E-state index contributed by atoms with van der Waals surface area (Å²) in [7, 11) is 0. The Hall–Kier alpha value is -2.04. The molecule has 2 fully saturated rings. The lowest BCUT2D eigenvalue weighted by Gasteiger charge is -2.33. The maximum Gasteiger partial charge on any atom is 0.123 e. The van der Waals surface area contributed by atoms with Gasteiger partial charge in [-0.2, -0.15) is 0 Å². The quantitative estimate of drug-likeness (QED) is 0.768. The van der Waals surface area contributed by atoms with Crippen LogP contribution in [0, 0.1) is 11.7 Å². The molecule has 0 radical (unpaired) electrons. The number of likely N-dealkylation sites (tertiary alicyclic amines) is 2. The molecule has 0 aliphatic carbocycles. The second-order valence-electron chi connectivity index (χ2n) is 8.00. The van der Waals surface area contributed by atoms with E-state index in [-0.39, 0.29) is 5.82 Å². The Labute approximate surface area is 168 Å². The van der Waals surface area contributed by atoms with Gasteiger partial charge in [-0.05, 0) is 74.0 Å². The molecule has 2 aliphatic rings. The van der Waals surface area contributed by atoms with Gasteiger partial charge in [0.25, 0.3) is 0 Å². The van der Waals surface area contributed by atoms with Crippen molar-refractivity contribution in [3.63, 3.8) is 0 Å². The molecule has 150 valence electrons. The summed E-state index contributed by atoms with van der Waals surface area (Å²) in [6.07, 6.45) is 3.73. The summed E-state index contributed by atoms with van der Waals surface area (Å²) < 4.78 is 13.1. The fourth-order valence-corrected chi connectivity index (χ4v) is 4.60. The Morgan fingerprint density at radius 3 is 2.18 bits per heavy atom. The second-order valence-corrected chi connectivity index (χ2v) is 8.00. The van der Waals surface area contributed by atoms with Crippen LogP contribution in [0.4, 0.5) is 4.39 Å². The number of piperidine rings is 1. The van der Waals surface area contributed by atoms with E-state index in [1.807, 2.05) is 18.9 Å². The van der Waals surface area contributed by atoms with Gasteiger partial charge in [-0.15, -0.1) is 0 Å². The standard InChI is InChI=1S/C23H29FN2.CH2O/c24-23-8-6-21(7-9-23)22-11-14-25(15-12-22)17-20-10-13-26(18-20)16-19-4-2-1-3-5-19;1-2/h1-9,20,22H,10-18H2;1H2/t20-;/m1./s1. The first-order chi connectivity index (χ1) is 13.8. The highest BCUT2D eigenvalue weighted by Gasteiger charge is 2.27. The van der Waals surface area contributed by atoms with Gasteiger partial charge in [0.05, 0.1) is 0 Å². The molecule has 0 saturated carbocycles. The fourth-order valence-electron chi connectivity index (χ4n) is 4.60. The van der Waals surface area contributed by atoms with Crippen molar-refractivity contribution in [2.24, 2.45) is 5.92 Å². The molecule has 2 aliphatic heterocycles. The third-order valence-electron chi connectivity index (χ3n) is 6.06. The lowest BCUT2D eigenvalue weighted by Crippen LogP contribution is -2.37. The average Bonchev–Trinajstić information content (AvgIpc) is 3.18. The van der Waals surface area contributed by atoms with E-state index >= 15 is 0 Å². The van der Waals surface area contributed by atoms with Gasteiger partial charge in [0.15, 0.2) is 0 Å². The van der Waals surface area contributed by atoms with E-state index in [2.05, 4.69) is 40.1 Å². The highest BCUT2D eigenvalue weighted by atomic mass is 19.1. The van der Waals surface area contributed by atoms with E-state index in [0.717, 1.165) is 12.5 Å². The molecular formula is C24H31FN2O. The van der Waals surface area contributed by atoms with Crippen LogP contribution in [0.3, 0.4) is 0 Å². The van der Waals surface area contributed by atoms with Crippen LogP contribution in [0.5, 0.6) is 0 Å². The highest BCUT2D eigenvalue weighted by Crippen LogP contribution is 2.29. The van der Waals surface area contributed by atoms with Crippen molar-refractivity contribution in [1.29, 1.82) is 0 Å². The summed E-state index contributed by atoms with van der Waals surface area (Å²) in [5.41, 5.74) is 2.73. The molecule has 0 amide bonds. The Morgan fingerprint density at radius 2 is 1.50 bits per heavy atom. The molecule has 0 unspecified atom stereocenters. The van der Waals surface area contributed by atoms with Gasteiger partial charge in [0, 0.05) is 19.6 Å². The Bertz CT molecular complexity index is 698. The minimum atomic E-state index is -0.132. The van der Waals surface area contributed by atoms with Crippen LogP contribution in [0.2, 0.25) is 0 Å². The number of halogens is 1. The molecule has 2 aromatic rings. The predicted octanol–water partition coefficient (Wildman–Crippen LogP) is 4.34. The average molecular weight is 383 g/mol. The number of rotatable bonds is 5. The number of carbonyl (C=O) groups is 1. The van der Waals surface area contributed by atoms with Gasteiger partial charge in [0.1, 0.15) is 12.6 Å². The molecule has 0 N–H and O–H groups in total. The van der Waals surface area contributed by atoms with Gasteiger partial charge in [-0.3, -0.25) is 4.90 Å². The smallest absolute Gasteiger partial charge is 0.123 e. The maximum atomic E-state index is 13.1. The number of benzene rings is 2. The van der Waals surface area contributed by atoms with E-state index < -0.39 is 0 Å². The molecule has 1 atom stereocenters. The Kier molecular flexibility index (Phi) is 7.75. The van der Waals surface area contributed by atoms with Gasteiger partial charge < -0.3 is 9.69 Å². The molecule has 2 aromatic carbocycles. The van der Waals surface area contributed by atoms with Crippen LogP contribution in [-0.2, 0) is 11.3 Å². The SMILES string of the molecule is C=O.Fc1ccc(C2CCN(C[C@H]3CCN(Cc4ccccc4)C3)CC2)cc1. The van der Waals surface area contributed by atoms with Crippen LogP contribution >= 0.6 is 0 Å². The van der Waals surface area contributed by atoms with Gasteiger partial charge in [-0.1, -0.05) is 42.5 Å². The molecule has 28 heavy (non-hydrogen) atoms. The largest absolute Gasteiger partial charge is 0.307 e. The summed E-state index contributed by atoms with van der Waals surface area (Å²) >= 11 is 0. The number of hydrogen-bond donors (Lipinski definition) is 0. The minimum Gasteiger partial charge on any atom is -0.307 e. The molecule has 0 spiro atoms. The third kappa shape index (κ3) is 5.73. The van der Waals surface area contributed by atoms with Crippen LogP contribution in [0.25, 0.3) is 0 Å². The van der Waals surface area contributed by atoms with E-state index in [4.69, 9.17) is 4.79 Å². The molecule has 0 aromatic heterocycles. The van der Waals surface area contributed by atoms with E-state index in [0.29, 0.717) is 5.92 Å². The van der Waals surface area contributed by atoms with Gasteiger partial charge in [0.2, 0.25) is 0 Å². The molecule has 2 saturated heterocycles. The number of nitrogens with zero attached hydrogens (tertiary/aromatic N) is 2. The zero-order valence-electron chi connectivity index (χ0n) is 16.6. The summed E-state index contributed by atoms with van der Waals surface area (Å²) in [4.78, 5) is 13.3. The summed E-state index contributed by atoms with van der Waals surface area (Å²) in [6.45, 7) is 9.14. The van der Waals surface area contributed by atoms with E-state index in [9.17, 15) is 4.39 Å². The van der Waals surface area contributed by atoms with Crippen LogP contribution in [0.1, 0.15) is 36.3 Å². The van der Waals surface area contributed by atoms with Crippen LogP contribution in [0.15, 0.2) is 54.6 Å². The first-order valence-corrected chi connectivity index (χ1v) is 10.3. The molecule has 4 rings (SSSR count). The van der Waals surface area contributed by atoms with Crippen molar-refractivity contribution >= 4 is 6.79 Å². The molecule has 4 heteroatoms. The van der Waals surface area contributed by atoms with Crippen molar-refractivity contribution in [1.82, 2.24) is 9.80 Å². The minimum absolute atomic E-state index is 0.132. The highest BCUT2D eigenvalue weighted by molar-refractivity contribution is 5.21. The Balaban J connectivity index is 0.00000109. The predicted molar refractivity (Wildman–Crippen MR) is 112 cm³/mol. The normalized spacial score (nSPS) is 21.2. The van der Waals surface area contributed by atoms with E-state index in [1.165, 1.54) is 63.1 Å². The first kappa shape index (κ1) is 20.7. The monoisotopic (exact) mass is 382 g/mol. The maximum absolute atomic E-state index is 13.1. The molecular weight excluding hydrogens is 351 g/mol. The number of hydrogen-bond acceptors (Lipinski definition) is 3. The topological polar surface area (TPSA) is 23.6 Å². The van der Waals surface area contributed by atoms with Crippen LogP contribution < -0.4 is 0 Å². The number of carbonyl (C=O) groups excluding carboxylic acids is 1. The van der Waals surface area contributed by atoms with Crippen molar-refractivity contribution < 1.29 is 9.18 Å². The molecule has 3 nitrogen and oxygen atoms in total. The lowest BCUT2D eigenvalue weighted by molar-refractivity contribution is -0.0979.